The minimum Gasteiger partial charge on any atom is -0.459 e. The van der Waals surface area contributed by atoms with E-state index < -0.39 is 10.8 Å². The van der Waals surface area contributed by atoms with Crippen LogP contribution in [0, 0.1) is 0 Å². The van der Waals surface area contributed by atoms with Crippen LogP contribution < -0.4 is 5.32 Å². The Morgan fingerprint density at radius 3 is 2.81 bits per heavy atom. The second-order valence-corrected chi connectivity index (χ2v) is 7.47. The van der Waals surface area contributed by atoms with E-state index in [0.717, 1.165) is 11.3 Å². The molecule has 0 aromatic carbocycles. The van der Waals surface area contributed by atoms with Crippen LogP contribution in [-0.4, -0.2) is 19.9 Å². The molecule has 0 saturated carbocycles. The molecule has 2 aromatic heterocycles. The third kappa shape index (κ3) is 2.53. The Hall–Kier alpha value is -1.89. The fourth-order valence-corrected chi connectivity index (χ4v) is 3.58. The number of aromatic nitrogens is 2. The molecule has 0 aliphatic carbocycles. The number of anilines is 1. The van der Waals surface area contributed by atoms with Gasteiger partial charge in [-0.2, -0.15) is 5.10 Å². The van der Waals surface area contributed by atoms with E-state index in [-0.39, 0.29) is 17.2 Å². The third-order valence-corrected chi connectivity index (χ3v) is 4.49. The van der Waals surface area contributed by atoms with Crippen LogP contribution >= 0.6 is 0 Å². The Morgan fingerprint density at radius 2 is 2.19 bits per heavy atom. The van der Waals surface area contributed by atoms with Gasteiger partial charge in [-0.1, -0.05) is 0 Å². The summed E-state index contributed by atoms with van der Waals surface area (Å²) >= 11 is 0. The van der Waals surface area contributed by atoms with Crippen molar-refractivity contribution in [2.75, 3.05) is 5.32 Å². The summed E-state index contributed by atoms with van der Waals surface area (Å²) in [6, 6.07) is 3.26. The van der Waals surface area contributed by atoms with Crippen LogP contribution in [0.2, 0.25) is 0 Å². The van der Waals surface area contributed by atoms with Crippen LogP contribution in [0.5, 0.6) is 0 Å². The molecule has 21 heavy (non-hydrogen) atoms. The molecule has 2 aromatic rings. The van der Waals surface area contributed by atoms with E-state index in [2.05, 4.69) is 10.4 Å². The van der Waals surface area contributed by atoms with E-state index in [1.54, 1.807) is 16.8 Å². The Morgan fingerprint density at radius 1 is 1.43 bits per heavy atom. The second-order valence-electron chi connectivity index (χ2n) is 6.02. The molecule has 1 aliphatic heterocycles. The quantitative estimate of drug-likeness (QED) is 0.923. The van der Waals surface area contributed by atoms with Crippen LogP contribution in [0.15, 0.2) is 22.8 Å². The molecule has 0 radical (unpaired) electrons. The van der Waals surface area contributed by atoms with Gasteiger partial charge >= 0.3 is 0 Å². The lowest BCUT2D eigenvalue weighted by atomic mass is 10.1. The van der Waals surface area contributed by atoms with Crippen molar-refractivity contribution in [2.24, 2.45) is 0 Å². The maximum absolute atomic E-state index is 12.2. The number of fused-ring (bicyclic) bond motifs is 1. The van der Waals surface area contributed by atoms with Crippen molar-refractivity contribution in [3.63, 3.8) is 0 Å². The molecule has 3 rings (SSSR count). The largest absolute Gasteiger partial charge is 0.459 e. The minimum atomic E-state index is -0.936. The normalized spacial score (nSPS) is 17.8. The standard InChI is InChI=1S/C14H17N3O3S/c1-14(2,3)17-12(9-7-21(19)8-10(9)16-17)15-13(18)11-5-4-6-20-11/h4-6H,7-8H2,1-3H3,(H,15,18)/t21-/m1/s1. The molecule has 112 valence electrons. The fourth-order valence-electron chi connectivity index (χ4n) is 2.32. The lowest BCUT2D eigenvalue weighted by Crippen LogP contribution is -2.27. The number of hydrogen-bond donors (Lipinski definition) is 1. The summed E-state index contributed by atoms with van der Waals surface area (Å²) in [4.78, 5) is 12.2. The number of carbonyl (C=O) groups is 1. The van der Waals surface area contributed by atoms with E-state index in [9.17, 15) is 9.00 Å². The van der Waals surface area contributed by atoms with Gasteiger partial charge in [0.15, 0.2) is 5.76 Å². The van der Waals surface area contributed by atoms with Gasteiger partial charge in [-0.3, -0.25) is 9.00 Å². The molecular weight excluding hydrogens is 290 g/mol. The fraction of sp³-hybridized carbons (Fsp3) is 0.429. The van der Waals surface area contributed by atoms with E-state index in [1.807, 2.05) is 20.8 Å². The SMILES string of the molecule is CC(C)(C)n1nc2c(c1NC(=O)c1ccco1)C[S@@](=O)C2. The molecule has 0 fully saturated rings. The van der Waals surface area contributed by atoms with E-state index in [0.29, 0.717) is 17.3 Å². The lowest BCUT2D eigenvalue weighted by Gasteiger charge is -2.23. The third-order valence-electron chi connectivity index (χ3n) is 3.28. The van der Waals surface area contributed by atoms with Crippen LogP contribution in [-0.2, 0) is 27.8 Å². The molecular formula is C14H17N3O3S. The number of nitrogens with one attached hydrogen (secondary N) is 1. The van der Waals surface area contributed by atoms with Gasteiger partial charge in [0.2, 0.25) is 0 Å². The summed E-state index contributed by atoms with van der Waals surface area (Å²) in [6.45, 7) is 6.03. The average molecular weight is 307 g/mol. The summed E-state index contributed by atoms with van der Waals surface area (Å²) in [7, 11) is -0.936. The highest BCUT2D eigenvalue weighted by Gasteiger charge is 2.31. The molecule has 1 atom stereocenters. The molecule has 0 unspecified atom stereocenters. The van der Waals surface area contributed by atoms with E-state index in [1.165, 1.54) is 6.26 Å². The molecule has 3 heterocycles. The average Bonchev–Trinajstić information content (AvgIpc) is 3.05. The zero-order valence-electron chi connectivity index (χ0n) is 12.2. The predicted molar refractivity (Wildman–Crippen MR) is 79.4 cm³/mol. The molecule has 1 aliphatic rings. The smallest absolute Gasteiger partial charge is 0.292 e. The predicted octanol–water partition coefficient (Wildman–Crippen LogP) is 2.25. The zero-order chi connectivity index (χ0) is 15.2. The summed E-state index contributed by atoms with van der Waals surface area (Å²) in [5.41, 5.74) is 1.39. The van der Waals surface area contributed by atoms with Crippen LogP contribution in [0.4, 0.5) is 5.82 Å². The molecule has 0 bridgehead atoms. The first-order valence-corrected chi connectivity index (χ1v) is 8.16. The van der Waals surface area contributed by atoms with Gasteiger partial charge in [0.05, 0.1) is 29.0 Å². The summed E-state index contributed by atoms with van der Waals surface area (Å²) in [5, 5.41) is 7.38. The molecule has 7 heteroatoms. The van der Waals surface area contributed by atoms with Crippen molar-refractivity contribution in [3.05, 3.63) is 35.4 Å². The molecule has 0 spiro atoms. The maximum atomic E-state index is 12.2. The molecule has 1 N–H and O–H groups in total. The van der Waals surface area contributed by atoms with Crippen molar-refractivity contribution in [3.8, 4) is 0 Å². The first-order chi connectivity index (χ1) is 9.86. The Labute approximate surface area is 125 Å². The number of nitrogens with zero attached hydrogens (tertiary/aromatic N) is 2. The molecule has 0 saturated heterocycles. The minimum absolute atomic E-state index is 0.240. The number of amides is 1. The van der Waals surface area contributed by atoms with Crippen molar-refractivity contribution in [1.82, 2.24) is 9.78 Å². The van der Waals surface area contributed by atoms with Gasteiger partial charge in [-0.05, 0) is 32.9 Å². The summed E-state index contributed by atoms with van der Waals surface area (Å²) < 4.78 is 18.6. The van der Waals surface area contributed by atoms with E-state index in [4.69, 9.17) is 4.42 Å². The van der Waals surface area contributed by atoms with Crippen LogP contribution in [0.1, 0.15) is 42.6 Å². The highest BCUT2D eigenvalue weighted by molar-refractivity contribution is 7.83. The van der Waals surface area contributed by atoms with Gasteiger partial charge in [-0.15, -0.1) is 0 Å². The van der Waals surface area contributed by atoms with Crippen molar-refractivity contribution in [1.29, 1.82) is 0 Å². The summed E-state index contributed by atoms with van der Waals surface area (Å²) in [5.74, 6) is 1.40. The Balaban J connectivity index is 2.00. The van der Waals surface area contributed by atoms with Gasteiger partial charge < -0.3 is 9.73 Å². The van der Waals surface area contributed by atoms with Gasteiger partial charge in [0, 0.05) is 16.4 Å². The topological polar surface area (TPSA) is 77.1 Å². The zero-order valence-corrected chi connectivity index (χ0v) is 13.0. The van der Waals surface area contributed by atoms with Crippen LogP contribution in [0.25, 0.3) is 0 Å². The van der Waals surface area contributed by atoms with Gasteiger partial charge in [0.1, 0.15) is 5.82 Å². The van der Waals surface area contributed by atoms with Crippen molar-refractivity contribution in [2.45, 2.75) is 37.8 Å². The number of hydrogen-bond acceptors (Lipinski definition) is 4. The Bertz CT molecular complexity index is 711. The lowest BCUT2D eigenvalue weighted by molar-refractivity contribution is 0.0995. The monoisotopic (exact) mass is 307 g/mol. The van der Waals surface area contributed by atoms with Crippen molar-refractivity contribution < 1.29 is 13.4 Å². The van der Waals surface area contributed by atoms with Crippen LogP contribution in [0.3, 0.4) is 0 Å². The first kappa shape index (κ1) is 14.1. The maximum Gasteiger partial charge on any atom is 0.292 e. The van der Waals surface area contributed by atoms with E-state index >= 15 is 0 Å². The first-order valence-electron chi connectivity index (χ1n) is 6.67. The molecule has 6 nitrogen and oxygen atoms in total. The number of carbonyl (C=O) groups excluding carboxylic acids is 1. The van der Waals surface area contributed by atoms with Gasteiger partial charge in [-0.25, -0.2) is 4.68 Å². The van der Waals surface area contributed by atoms with Gasteiger partial charge in [0.25, 0.3) is 5.91 Å². The highest BCUT2D eigenvalue weighted by atomic mass is 32.2. The summed E-state index contributed by atoms with van der Waals surface area (Å²) in [6.07, 6.45) is 1.45. The molecule has 1 amide bonds. The second kappa shape index (κ2) is 4.84. The number of furan rings is 1. The Kier molecular flexibility index (Phi) is 3.24. The highest BCUT2D eigenvalue weighted by Crippen LogP contribution is 2.33. The van der Waals surface area contributed by atoms with Crippen molar-refractivity contribution >= 4 is 22.5 Å². The number of rotatable bonds is 2.